The molecule has 39 heavy (non-hydrogen) atoms. The Balaban J connectivity index is 1.22. The van der Waals surface area contributed by atoms with Gasteiger partial charge >= 0.3 is 0 Å². The van der Waals surface area contributed by atoms with Gasteiger partial charge in [0, 0.05) is 43.9 Å². The van der Waals surface area contributed by atoms with Crippen molar-refractivity contribution in [3.8, 4) is 22.8 Å². The van der Waals surface area contributed by atoms with Crippen LogP contribution in [0.3, 0.4) is 0 Å². The third-order valence-corrected chi connectivity index (χ3v) is 7.17. The van der Waals surface area contributed by atoms with Crippen LogP contribution in [0.5, 0.6) is 11.5 Å². The van der Waals surface area contributed by atoms with Crippen molar-refractivity contribution >= 4 is 17.6 Å². The summed E-state index contributed by atoms with van der Waals surface area (Å²) >= 11 is 0. The molecule has 1 saturated heterocycles. The molecule has 1 aliphatic carbocycles. The van der Waals surface area contributed by atoms with Gasteiger partial charge in [-0.3, -0.25) is 9.59 Å². The van der Waals surface area contributed by atoms with Gasteiger partial charge < -0.3 is 24.2 Å². The number of carbonyl (C=O) groups excluding carboxylic acids is 2. The predicted molar refractivity (Wildman–Crippen MR) is 144 cm³/mol. The van der Waals surface area contributed by atoms with Gasteiger partial charge in [-0.1, -0.05) is 12.1 Å². The maximum atomic E-state index is 14.3. The van der Waals surface area contributed by atoms with Crippen molar-refractivity contribution in [2.24, 2.45) is 0 Å². The Morgan fingerprint density at radius 2 is 1.79 bits per heavy atom. The lowest BCUT2D eigenvalue weighted by molar-refractivity contribution is -0.131. The van der Waals surface area contributed by atoms with Gasteiger partial charge in [-0.05, 0) is 55.7 Å². The number of carbonyl (C=O) groups is 2. The summed E-state index contributed by atoms with van der Waals surface area (Å²) in [6.07, 6.45) is 2.42. The fraction of sp³-hybridized carbons (Fsp3) is 0.379. The third kappa shape index (κ3) is 5.94. The van der Waals surface area contributed by atoms with Gasteiger partial charge in [0.05, 0.1) is 25.5 Å². The quantitative estimate of drug-likeness (QED) is 0.437. The molecule has 2 aliphatic rings. The number of nitrogens with zero attached hydrogens (tertiary/aromatic N) is 5. The lowest BCUT2D eigenvalue weighted by atomic mass is 10.1. The standard InChI is InChI=1S/C29H32FN5O4/c1-38-21-10-11-23(26(18-21)39-2)25-12-13-27(32-31-25)33-14-5-15-34(17-16-33)28(36)19-35(20-8-9-20)29(37)22-6-3-4-7-24(22)30/h3-4,6-7,10-13,18,20H,5,8-9,14-17,19H2,1-2H3. The van der Waals surface area contributed by atoms with Crippen molar-refractivity contribution in [1.82, 2.24) is 20.0 Å². The van der Waals surface area contributed by atoms with E-state index < -0.39 is 11.7 Å². The monoisotopic (exact) mass is 533 g/mol. The molecule has 0 radical (unpaired) electrons. The summed E-state index contributed by atoms with van der Waals surface area (Å²) in [5.74, 6) is 0.957. The van der Waals surface area contributed by atoms with Crippen LogP contribution >= 0.6 is 0 Å². The van der Waals surface area contributed by atoms with Gasteiger partial charge in [-0.25, -0.2) is 4.39 Å². The lowest BCUT2D eigenvalue weighted by Crippen LogP contribution is -2.45. The second-order valence-electron chi connectivity index (χ2n) is 9.71. The van der Waals surface area contributed by atoms with Crippen molar-refractivity contribution in [3.05, 3.63) is 66.0 Å². The second-order valence-corrected chi connectivity index (χ2v) is 9.71. The highest BCUT2D eigenvalue weighted by molar-refractivity contribution is 5.97. The maximum absolute atomic E-state index is 14.3. The van der Waals surface area contributed by atoms with E-state index in [4.69, 9.17) is 9.47 Å². The third-order valence-electron chi connectivity index (χ3n) is 7.17. The summed E-state index contributed by atoms with van der Waals surface area (Å²) in [7, 11) is 3.21. The number of rotatable bonds is 8. The summed E-state index contributed by atoms with van der Waals surface area (Å²) < 4.78 is 25.0. The summed E-state index contributed by atoms with van der Waals surface area (Å²) in [6.45, 7) is 2.35. The highest BCUT2D eigenvalue weighted by Gasteiger charge is 2.36. The minimum atomic E-state index is -0.566. The van der Waals surface area contributed by atoms with Crippen molar-refractivity contribution < 1.29 is 23.5 Å². The van der Waals surface area contributed by atoms with Gasteiger partial charge in [-0.2, -0.15) is 0 Å². The zero-order chi connectivity index (χ0) is 27.4. The molecule has 2 amide bonds. The summed E-state index contributed by atoms with van der Waals surface area (Å²) in [4.78, 5) is 31.7. The maximum Gasteiger partial charge on any atom is 0.257 e. The molecule has 2 heterocycles. The molecule has 1 saturated carbocycles. The molecular formula is C29H32FN5O4. The summed E-state index contributed by atoms with van der Waals surface area (Å²) in [5.41, 5.74) is 1.51. The molecule has 0 atom stereocenters. The zero-order valence-corrected chi connectivity index (χ0v) is 22.2. The highest BCUT2D eigenvalue weighted by atomic mass is 19.1. The van der Waals surface area contributed by atoms with Crippen LogP contribution in [0.4, 0.5) is 10.2 Å². The van der Waals surface area contributed by atoms with Crippen LogP contribution in [0.25, 0.3) is 11.3 Å². The van der Waals surface area contributed by atoms with Crippen LogP contribution in [-0.4, -0.2) is 84.8 Å². The van der Waals surface area contributed by atoms with E-state index in [9.17, 15) is 14.0 Å². The summed E-state index contributed by atoms with van der Waals surface area (Å²) in [5, 5.41) is 8.88. The first-order valence-corrected chi connectivity index (χ1v) is 13.1. The highest BCUT2D eigenvalue weighted by Crippen LogP contribution is 2.32. The molecule has 5 rings (SSSR count). The van der Waals surface area contributed by atoms with Crippen LogP contribution < -0.4 is 14.4 Å². The fourth-order valence-electron chi connectivity index (χ4n) is 4.83. The average Bonchev–Trinajstić information content (AvgIpc) is 3.83. The lowest BCUT2D eigenvalue weighted by Gasteiger charge is -2.27. The smallest absolute Gasteiger partial charge is 0.257 e. The molecule has 0 unspecified atom stereocenters. The van der Waals surface area contributed by atoms with Gasteiger partial charge in [0.1, 0.15) is 23.9 Å². The van der Waals surface area contributed by atoms with E-state index in [2.05, 4.69) is 15.1 Å². The number of hydrogen-bond donors (Lipinski definition) is 0. The number of aromatic nitrogens is 2. The molecule has 2 fully saturated rings. The Morgan fingerprint density at radius 3 is 2.49 bits per heavy atom. The van der Waals surface area contributed by atoms with E-state index in [1.165, 1.54) is 17.0 Å². The van der Waals surface area contributed by atoms with Crippen molar-refractivity contribution in [2.45, 2.75) is 25.3 Å². The fourth-order valence-corrected chi connectivity index (χ4v) is 4.83. The van der Waals surface area contributed by atoms with E-state index in [1.54, 1.807) is 37.3 Å². The minimum absolute atomic E-state index is 0.00789. The van der Waals surface area contributed by atoms with E-state index in [-0.39, 0.29) is 24.1 Å². The van der Waals surface area contributed by atoms with Gasteiger partial charge in [0.25, 0.3) is 5.91 Å². The summed E-state index contributed by atoms with van der Waals surface area (Å²) in [6, 6.07) is 15.3. The molecule has 1 aliphatic heterocycles. The Labute approximate surface area is 227 Å². The van der Waals surface area contributed by atoms with Crippen LogP contribution in [0.1, 0.15) is 29.6 Å². The number of amides is 2. The molecule has 1 aromatic heterocycles. The second kappa shape index (κ2) is 11.7. The number of anilines is 1. The van der Waals surface area contributed by atoms with Crippen LogP contribution in [-0.2, 0) is 4.79 Å². The molecular weight excluding hydrogens is 501 g/mol. The molecule has 0 spiro atoms. The van der Waals surface area contributed by atoms with Crippen LogP contribution in [0.2, 0.25) is 0 Å². The molecule has 2 aromatic carbocycles. The van der Waals surface area contributed by atoms with Gasteiger partial charge in [0.2, 0.25) is 5.91 Å². The van der Waals surface area contributed by atoms with E-state index in [0.29, 0.717) is 36.8 Å². The Hall–Kier alpha value is -4.21. The molecule has 204 valence electrons. The molecule has 10 heteroatoms. The number of methoxy groups -OCH3 is 2. The average molecular weight is 534 g/mol. The van der Waals surface area contributed by atoms with Crippen molar-refractivity contribution in [1.29, 1.82) is 0 Å². The molecule has 0 bridgehead atoms. The topological polar surface area (TPSA) is 88.1 Å². The Morgan fingerprint density at radius 1 is 0.974 bits per heavy atom. The first-order valence-electron chi connectivity index (χ1n) is 13.1. The van der Waals surface area contributed by atoms with Gasteiger partial charge in [-0.15, -0.1) is 10.2 Å². The largest absolute Gasteiger partial charge is 0.497 e. The molecule has 9 nitrogen and oxygen atoms in total. The molecule has 3 aromatic rings. The van der Waals surface area contributed by atoms with Crippen molar-refractivity contribution in [3.63, 3.8) is 0 Å². The number of benzene rings is 2. The molecule has 0 N–H and O–H groups in total. The Bertz CT molecular complexity index is 1330. The van der Waals surface area contributed by atoms with E-state index in [0.717, 1.165) is 37.2 Å². The first-order chi connectivity index (χ1) is 19.0. The zero-order valence-electron chi connectivity index (χ0n) is 22.2. The number of hydrogen-bond acceptors (Lipinski definition) is 7. The predicted octanol–water partition coefficient (Wildman–Crippen LogP) is 3.64. The van der Waals surface area contributed by atoms with E-state index >= 15 is 0 Å². The number of halogens is 1. The minimum Gasteiger partial charge on any atom is -0.497 e. The van der Waals surface area contributed by atoms with E-state index in [1.807, 2.05) is 24.3 Å². The normalized spacial score (nSPS) is 15.5. The first kappa shape index (κ1) is 26.4. The van der Waals surface area contributed by atoms with Crippen LogP contribution in [0.15, 0.2) is 54.6 Å². The number of ether oxygens (including phenoxy) is 2. The SMILES string of the molecule is COc1ccc(-c2ccc(N3CCCN(C(=O)CN(C(=O)c4ccccc4F)C4CC4)CC3)nn2)c(OC)c1. The van der Waals surface area contributed by atoms with Gasteiger partial charge in [0.15, 0.2) is 5.82 Å². The van der Waals surface area contributed by atoms with Crippen LogP contribution in [0, 0.1) is 5.82 Å². The Kier molecular flexibility index (Phi) is 7.90. The van der Waals surface area contributed by atoms with Crippen molar-refractivity contribution in [2.75, 3.05) is 51.8 Å².